The van der Waals surface area contributed by atoms with Gasteiger partial charge in [0, 0.05) is 11.6 Å². The van der Waals surface area contributed by atoms with Crippen LogP contribution in [-0.4, -0.2) is 72.6 Å². The van der Waals surface area contributed by atoms with Crippen LogP contribution in [0.15, 0.2) is 36.9 Å². The molecule has 6 atom stereocenters. The highest BCUT2D eigenvalue weighted by atomic mass is 35.5. The molecule has 11 nitrogen and oxygen atoms in total. The molecule has 12 heteroatoms. The quantitative estimate of drug-likeness (QED) is 0.379. The molecule has 186 valence electrons. The Balaban J connectivity index is 1.36. The number of likely N-dealkylation sites (N-methyl/N-ethyl adjacent to an activating group) is 1. The molecule has 2 aromatic heterocycles. The minimum absolute atomic E-state index is 0.00510. The summed E-state index contributed by atoms with van der Waals surface area (Å²) in [7, 11) is 0. The first kappa shape index (κ1) is 23.7. The van der Waals surface area contributed by atoms with E-state index < -0.39 is 30.4 Å². The fourth-order valence-corrected chi connectivity index (χ4v) is 4.83. The lowest BCUT2D eigenvalue weighted by Gasteiger charge is -2.23. The molecule has 1 aliphatic carbocycles. The molecule has 1 aromatic carbocycles. The van der Waals surface area contributed by atoms with Crippen molar-refractivity contribution in [2.45, 2.75) is 62.9 Å². The summed E-state index contributed by atoms with van der Waals surface area (Å²) in [5, 5.41) is 27.6. The lowest BCUT2D eigenvalue weighted by atomic mass is 10.1. The van der Waals surface area contributed by atoms with Crippen LogP contribution in [0.1, 0.15) is 32.4 Å². The average Bonchev–Trinajstić information content (AvgIpc) is 3.53. The number of anilines is 1. The maximum atomic E-state index is 12.2. The van der Waals surface area contributed by atoms with Gasteiger partial charge in [0.15, 0.2) is 29.3 Å². The van der Waals surface area contributed by atoms with Crippen molar-refractivity contribution in [3.63, 3.8) is 0 Å². The molecule has 0 radical (unpaired) electrons. The zero-order valence-electron chi connectivity index (χ0n) is 19.0. The van der Waals surface area contributed by atoms with E-state index in [1.165, 1.54) is 17.2 Å². The molecule has 1 aliphatic heterocycles. The van der Waals surface area contributed by atoms with Crippen LogP contribution in [0, 0.1) is 0 Å². The van der Waals surface area contributed by atoms with Crippen molar-refractivity contribution >= 4 is 34.5 Å². The number of carbonyl (C=O) groups is 1. The van der Waals surface area contributed by atoms with Crippen molar-refractivity contribution in [3.05, 3.63) is 41.9 Å². The van der Waals surface area contributed by atoms with Gasteiger partial charge in [-0.25, -0.2) is 15.0 Å². The van der Waals surface area contributed by atoms with E-state index >= 15 is 0 Å². The van der Waals surface area contributed by atoms with Gasteiger partial charge in [0.1, 0.15) is 30.4 Å². The number of hydrogen-bond acceptors (Lipinski definition) is 9. The van der Waals surface area contributed by atoms with Crippen LogP contribution in [0.3, 0.4) is 0 Å². The monoisotopic (exact) mass is 502 g/mol. The van der Waals surface area contributed by atoms with Gasteiger partial charge < -0.3 is 30.3 Å². The van der Waals surface area contributed by atoms with Crippen molar-refractivity contribution in [2.24, 2.45) is 0 Å². The Morgan fingerprint density at radius 3 is 2.91 bits per heavy atom. The molecule has 1 saturated heterocycles. The first-order valence-corrected chi connectivity index (χ1v) is 12.0. The SMILES string of the molecule is CCNC(=O)[C@H]1O[C@@H](n2cnc3c(N[C@@H]4CCC[C@H]4Oc4cccc(Cl)c4)ncnc32)[C@H](O)[C@@H]1O. The van der Waals surface area contributed by atoms with Crippen molar-refractivity contribution in [2.75, 3.05) is 11.9 Å². The standard InChI is InChI=1S/C23H27ClN6O5/c1-2-25-22(33)19-17(31)18(32)23(35-19)30-11-28-16-20(26-10-27-21(16)30)29-14-7-4-8-15(14)34-13-6-3-5-12(24)9-13/h3,5-6,9-11,14-15,17-19,23,31-32H,2,4,7-8H2,1H3,(H,25,33)(H,26,27,29)/t14-,15-,17+,18-,19+,23-/m1/s1. The topological polar surface area (TPSA) is 144 Å². The first-order valence-electron chi connectivity index (χ1n) is 11.6. The Morgan fingerprint density at radius 1 is 1.26 bits per heavy atom. The molecule has 35 heavy (non-hydrogen) atoms. The number of nitrogens with zero attached hydrogens (tertiary/aromatic N) is 4. The number of benzene rings is 1. The smallest absolute Gasteiger partial charge is 0.252 e. The molecule has 1 amide bonds. The zero-order chi connectivity index (χ0) is 24.5. The third kappa shape index (κ3) is 4.64. The second-order valence-electron chi connectivity index (χ2n) is 8.66. The van der Waals surface area contributed by atoms with Gasteiger partial charge >= 0.3 is 0 Å². The van der Waals surface area contributed by atoms with E-state index in [9.17, 15) is 15.0 Å². The van der Waals surface area contributed by atoms with E-state index in [4.69, 9.17) is 21.1 Å². The normalized spacial score (nSPS) is 28.3. The van der Waals surface area contributed by atoms with Gasteiger partial charge in [-0.15, -0.1) is 0 Å². The molecule has 5 rings (SSSR count). The molecule has 0 spiro atoms. The van der Waals surface area contributed by atoms with Crippen molar-refractivity contribution in [1.29, 1.82) is 0 Å². The van der Waals surface area contributed by atoms with Crippen molar-refractivity contribution in [3.8, 4) is 5.75 Å². The number of ether oxygens (including phenoxy) is 2. The van der Waals surface area contributed by atoms with E-state index in [2.05, 4.69) is 25.6 Å². The van der Waals surface area contributed by atoms with Gasteiger partial charge in [-0.1, -0.05) is 17.7 Å². The predicted octanol–water partition coefficient (Wildman–Crippen LogP) is 1.65. The molecule has 1 saturated carbocycles. The number of aromatic nitrogens is 4. The second kappa shape index (κ2) is 9.94. The van der Waals surface area contributed by atoms with E-state index in [1.807, 2.05) is 12.1 Å². The summed E-state index contributed by atoms with van der Waals surface area (Å²) in [5.41, 5.74) is 0.883. The van der Waals surface area contributed by atoms with E-state index in [0.29, 0.717) is 34.3 Å². The van der Waals surface area contributed by atoms with Gasteiger partial charge in [0.2, 0.25) is 0 Å². The molecular formula is C23H27ClN6O5. The number of carbonyl (C=O) groups excluding carboxylic acids is 1. The number of hydrogen-bond donors (Lipinski definition) is 4. The van der Waals surface area contributed by atoms with Gasteiger partial charge in [-0.2, -0.15) is 0 Å². The van der Waals surface area contributed by atoms with Crippen LogP contribution in [-0.2, 0) is 9.53 Å². The third-order valence-electron chi connectivity index (χ3n) is 6.34. The van der Waals surface area contributed by atoms with Crippen LogP contribution < -0.4 is 15.4 Å². The third-order valence-corrected chi connectivity index (χ3v) is 6.57. The number of aliphatic hydroxyl groups excluding tert-OH is 2. The van der Waals surface area contributed by atoms with E-state index in [1.54, 1.807) is 19.1 Å². The summed E-state index contributed by atoms with van der Waals surface area (Å²) in [6, 6.07) is 7.31. The zero-order valence-corrected chi connectivity index (χ0v) is 19.8. The minimum Gasteiger partial charge on any atom is -0.488 e. The maximum absolute atomic E-state index is 12.2. The molecule has 3 aromatic rings. The fourth-order valence-electron chi connectivity index (χ4n) is 4.65. The number of halogens is 1. The lowest BCUT2D eigenvalue weighted by Crippen LogP contribution is -2.42. The van der Waals surface area contributed by atoms with Crippen LogP contribution in [0.2, 0.25) is 5.02 Å². The van der Waals surface area contributed by atoms with E-state index in [0.717, 1.165) is 19.3 Å². The van der Waals surface area contributed by atoms with Crippen LogP contribution in [0.5, 0.6) is 5.75 Å². The molecular weight excluding hydrogens is 476 g/mol. The van der Waals surface area contributed by atoms with Crippen LogP contribution in [0.4, 0.5) is 5.82 Å². The first-order chi connectivity index (χ1) is 17.0. The molecule has 4 N–H and O–H groups in total. The van der Waals surface area contributed by atoms with Gasteiger partial charge in [-0.3, -0.25) is 9.36 Å². The molecule has 2 fully saturated rings. The highest BCUT2D eigenvalue weighted by Gasteiger charge is 2.47. The summed E-state index contributed by atoms with van der Waals surface area (Å²) < 4.78 is 13.4. The van der Waals surface area contributed by atoms with Crippen LogP contribution in [0.25, 0.3) is 11.2 Å². The van der Waals surface area contributed by atoms with Crippen LogP contribution >= 0.6 is 11.6 Å². The number of amides is 1. The number of fused-ring (bicyclic) bond motifs is 1. The second-order valence-corrected chi connectivity index (χ2v) is 9.10. The van der Waals surface area contributed by atoms with Crippen molar-refractivity contribution < 1.29 is 24.5 Å². The number of rotatable bonds is 7. The van der Waals surface area contributed by atoms with Gasteiger partial charge in [0.05, 0.1) is 12.4 Å². The average molecular weight is 503 g/mol. The largest absolute Gasteiger partial charge is 0.488 e. The Hall–Kier alpha value is -2.99. The minimum atomic E-state index is -1.38. The maximum Gasteiger partial charge on any atom is 0.252 e. The summed E-state index contributed by atoms with van der Waals surface area (Å²) in [5.74, 6) is 0.740. The number of imidazole rings is 1. The summed E-state index contributed by atoms with van der Waals surface area (Å²) in [4.78, 5) is 25.3. The lowest BCUT2D eigenvalue weighted by molar-refractivity contribution is -0.137. The Labute approximate surface area is 206 Å². The molecule has 2 aliphatic rings. The summed E-state index contributed by atoms with van der Waals surface area (Å²) in [6.07, 6.45) is 0.592. The fraction of sp³-hybridized carbons (Fsp3) is 0.478. The molecule has 0 bridgehead atoms. The Bertz CT molecular complexity index is 1210. The van der Waals surface area contributed by atoms with Crippen molar-refractivity contribution in [1.82, 2.24) is 24.8 Å². The highest BCUT2D eigenvalue weighted by molar-refractivity contribution is 6.30. The van der Waals surface area contributed by atoms with Gasteiger partial charge in [0.25, 0.3) is 5.91 Å². The number of nitrogens with one attached hydrogen (secondary N) is 2. The number of aliphatic hydroxyl groups is 2. The summed E-state index contributed by atoms with van der Waals surface area (Å²) in [6.45, 7) is 2.14. The highest BCUT2D eigenvalue weighted by Crippen LogP contribution is 2.34. The summed E-state index contributed by atoms with van der Waals surface area (Å²) >= 11 is 6.09. The van der Waals surface area contributed by atoms with E-state index in [-0.39, 0.29) is 12.1 Å². The Morgan fingerprint density at radius 2 is 2.11 bits per heavy atom. The van der Waals surface area contributed by atoms with Gasteiger partial charge in [-0.05, 0) is 44.4 Å². The molecule has 3 heterocycles. The predicted molar refractivity (Wildman–Crippen MR) is 127 cm³/mol. The Kier molecular flexibility index (Phi) is 6.74. The molecule has 0 unspecified atom stereocenters.